The lowest BCUT2D eigenvalue weighted by molar-refractivity contribution is 0.574. The van der Waals surface area contributed by atoms with Crippen LogP contribution in [0.15, 0.2) is 18.2 Å². The molecule has 1 aliphatic heterocycles. The van der Waals surface area contributed by atoms with Crippen LogP contribution in [0.3, 0.4) is 0 Å². The number of hydrogen-bond donors (Lipinski definition) is 1. The Bertz CT molecular complexity index is 476. The Hall–Kier alpha value is -0.740. The van der Waals surface area contributed by atoms with E-state index < -0.39 is 0 Å². The summed E-state index contributed by atoms with van der Waals surface area (Å²) in [6.45, 7) is 6.17. The minimum Gasteiger partial charge on any atom is -0.364 e. The lowest BCUT2D eigenvalue weighted by Crippen LogP contribution is -2.45. The summed E-state index contributed by atoms with van der Waals surface area (Å²) in [5.74, 6) is 1.00. The lowest BCUT2D eigenvalue weighted by atomic mass is 10.1. The lowest BCUT2D eigenvalue weighted by Gasteiger charge is -2.40. The third-order valence-electron chi connectivity index (χ3n) is 4.40. The van der Waals surface area contributed by atoms with Crippen LogP contribution in [0.5, 0.6) is 0 Å². The van der Waals surface area contributed by atoms with Crippen LogP contribution in [0, 0.1) is 5.82 Å². The van der Waals surface area contributed by atoms with Gasteiger partial charge in [-0.1, -0.05) is 19.1 Å². The highest BCUT2D eigenvalue weighted by molar-refractivity contribution is 8.00. The zero-order chi connectivity index (χ0) is 14.1. The first kappa shape index (κ1) is 14.2. The van der Waals surface area contributed by atoms with Gasteiger partial charge in [0.05, 0.1) is 5.69 Å². The molecule has 2 fully saturated rings. The maximum absolute atomic E-state index is 14.4. The molecule has 1 aromatic carbocycles. The van der Waals surface area contributed by atoms with Crippen molar-refractivity contribution in [2.24, 2.45) is 0 Å². The Labute approximate surface area is 125 Å². The van der Waals surface area contributed by atoms with Crippen molar-refractivity contribution in [1.82, 2.24) is 5.32 Å². The van der Waals surface area contributed by atoms with Crippen molar-refractivity contribution in [1.29, 1.82) is 0 Å². The van der Waals surface area contributed by atoms with E-state index in [1.54, 1.807) is 6.07 Å². The van der Waals surface area contributed by atoms with E-state index in [1.807, 2.05) is 17.8 Å². The Morgan fingerprint density at radius 1 is 1.35 bits per heavy atom. The molecule has 2 unspecified atom stereocenters. The minimum absolute atomic E-state index is 0.0777. The number of nitrogens with one attached hydrogen (secondary N) is 1. The normalized spacial score (nSPS) is 26.9. The van der Waals surface area contributed by atoms with Crippen molar-refractivity contribution in [3.8, 4) is 0 Å². The Morgan fingerprint density at radius 3 is 2.90 bits per heavy atom. The van der Waals surface area contributed by atoms with E-state index in [1.165, 1.54) is 12.8 Å². The Balaban J connectivity index is 1.85. The molecule has 0 spiro atoms. The maximum Gasteiger partial charge on any atom is 0.146 e. The molecule has 1 N–H and O–H groups in total. The van der Waals surface area contributed by atoms with E-state index in [2.05, 4.69) is 30.1 Å². The van der Waals surface area contributed by atoms with Gasteiger partial charge in [0.15, 0.2) is 0 Å². The van der Waals surface area contributed by atoms with Crippen molar-refractivity contribution in [3.63, 3.8) is 0 Å². The van der Waals surface area contributed by atoms with E-state index in [4.69, 9.17) is 0 Å². The molecule has 110 valence electrons. The predicted octanol–water partition coefficient (Wildman–Crippen LogP) is 3.41. The third kappa shape index (κ3) is 2.96. The molecule has 0 aromatic heterocycles. The summed E-state index contributed by atoms with van der Waals surface area (Å²) in [4.78, 5) is 2.26. The topological polar surface area (TPSA) is 15.3 Å². The molecule has 0 amide bonds. The molecule has 3 rings (SSSR count). The average Bonchev–Trinajstić information content (AvgIpc) is 3.24. The van der Waals surface area contributed by atoms with Gasteiger partial charge in [0.25, 0.3) is 0 Å². The van der Waals surface area contributed by atoms with E-state index >= 15 is 0 Å². The number of anilines is 1. The second-order valence-corrected chi connectivity index (χ2v) is 7.40. The van der Waals surface area contributed by atoms with Gasteiger partial charge in [-0.25, -0.2) is 4.39 Å². The van der Waals surface area contributed by atoms with Gasteiger partial charge in [0.2, 0.25) is 0 Å². The molecule has 2 atom stereocenters. The van der Waals surface area contributed by atoms with E-state index in [9.17, 15) is 4.39 Å². The highest BCUT2D eigenvalue weighted by atomic mass is 32.2. The van der Waals surface area contributed by atoms with E-state index in [-0.39, 0.29) is 5.82 Å². The third-order valence-corrected chi connectivity index (χ3v) is 5.74. The number of thioether (sulfide) groups is 1. The highest BCUT2D eigenvalue weighted by Crippen LogP contribution is 2.33. The maximum atomic E-state index is 14.4. The number of nitrogens with zero attached hydrogens (tertiary/aromatic N) is 1. The van der Waals surface area contributed by atoms with Crippen molar-refractivity contribution in [3.05, 3.63) is 29.6 Å². The molecule has 1 aromatic rings. The summed E-state index contributed by atoms with van der Waals surface area (Å²) in [6.07, 6.45) is 2.52. The molecule has 2 nitrogen and oxygen atoms in total. The number of rotatable bonds is 4. The van der Waals surface area contributed by atoms with Crippen LogP contribution >= 0.6 is 11.8 Å². The van der Waals surface area contributed by atoms with Crippen molar-refractivity contribution < 1.29 is 4.39 Å². The molecule has 2 aliphatic rings. The fourth-order valence-corrected chi connectivity index (χ4v) is 3.91. The molecule has 1 aliphatic carbocycles. The first-order chi connectivity index (χ1) is 9.66. The van der Waals surface area contributed by atoms with Crippen molar-refractivity contribution in [2.45, 2.75) is 50.6 Å². The summed E-state index contributed by atoms with van der Waals surface area (Å²) in [5.41, 5.74) is 1.92. The van der Waals surface area contributed by atoms with Gasteiger partial charge in [-0.05, 0) is 31.4 Å². The zero-order valence-corrected chi connectivity index (χ0v) is 13.0. The summed E-state index contributed by atoms with van der Waals surface area (Å²) >= 11 is 1.98. The Morgan fingerprint density at radius 2 is 2.15 bits per heavy atom. The fraction of sp³-hybridized carbons (Fsp3) is 0.625. The number of hydrogen-bond acceptors (Lipinski definition) is 3. The number of para-hydroxylation sites is 1. The molecular weight excluding hydrogens is 271 g/mol. The first-order valence-corrected chi connectivity index (χ1v) is 8.60. The van der Waals surface area contributed by atoms with E-state index in [0.29, 0.717) is 17.3 Å². The standard InChI is InChI=1S/C16H23FN2S/c1-11-12(2)20-9-8-19(11)16-13(4-3-5-15(16)17)10-18-14-6-7-14/h3-5,11-12,14,18H,6-10H2,1-2H3. The van der Waals surface area contributed by atoms with Gasteiger partial charge in [0, 0.05) is 36.2 Å². The van der Waals surface area contributed by atoms with Gasteiger partial charge in [-0.15, -0.1) is 0 Å². The van der Waals surface area contributed by atoms with Crippen LogP contribution < -0.4 is 10.2 Å². The summed E-state index contributed by atoms with van der Waals surface area (Å²) < 4.78 is 14.4. The largest absolute Gasteiger partial charge is 0.364 e. The molecule has 0 bridgehead atoms. The van der Waals surface area contributed by atoms with Crippen LogP contribution in [0.1, 0.15) is 32.3 Å². The quantitative estimate of drug-likeness (QED) is 0.916. The van der Waals surface area contributed by atoms with Crippen molar-refractivity contribution in [2.75, 3.05) is 17.2 Å². The van der Waals surface area contributed by atoms with E-state index in [0.717, 1.165) is 30.1 Å². The molecule has 1 saturated heterocycles. The monoisotopic (exact) mass is 294 g/mol. The number of halogens is 1. The second-order valence-electron chi connectivity index (χ2n) is 5.91. The first-order valence-electron chi connectivity index (χ1n) is 7.56. The fourth-order valence-electron chi connectivity index (χ4n) is 2.81. The summed E-state index contributed by atoms with van der Waals surface area (Å²) in [5, 5.41) is 4.06. The molecule has 1 heterocycles. The van der Waals surface area contributed by atoms with Gasteiger partial charge in [0.1, 0.15) is 5.82 Å². The Kier molecular flexibility index (Phi) is 4.22. The molecule has 1 saturated carbocycles. The number of benzene rings is 1. The van der Waals surface area contributed by atoms with Gasteiger partial charge in [-0.2, -0.15) is 11.8 Å². The van der Waals surface area contributed by atoms with Crippen molar-refractivity contribution >= 4 is 17.4 Å². The van der Waals surface area contributed by atoms with Crippen LogP contribution in [0.4, 0.5) is 10.1 Å². The summed E-state index contributed by atoms with van der Waals surface area (Å²) in [7, 11) is 0. The minimum atomic E-state index is -0.0777. The average molecular weight is 294 g/mol. The summed E-state index contributed by atoms with van der Waals surface area (Å²) in [6, 6.07) is 6.52. The SMILES string of the molecule is CC1SCCN(c2c(F)cccc2CNC2CC2)C1C. The van der Waals surface area contributed by atoms with Crippen LogP contribution in [-0.2, 0) is 6.54 Å². The van der Waals surface area contributed by atoms with Crippen LogP contribution in [-0.4, -0.2) is 29.6 Å². The molecule has 0 radical (unpaired) electrons. The van der Waals surface area contributed by atoms with Crippen LogP contribution in [0.2, 0.25) is 0 Å². The van der Waals surface area contributed by atoms with Crippen LogP contribution in [0.25, 0.3) is 0 Å². The predicted molar refractivity (Wildman–Crippen MR) is 85.0 cm³/mol. The van der Waals surface area contributed by atoms with Gasteiger partial charge >= 0.3 is 0 Å². The second kappa shape index (κ2) is 5.94. The molecule has 4 heteroatoms. The van der Waals surface area contributed by atoms with Gasteiger partial charge in [-0.3, -0.25) is 0 Å². The van der Waals surface area contributed by atoms with Gasteiger partial charge < -0.3 is 10.2 Å². The molecule has 20 heavy (non-hydrogen) atoms. The smallest absolute Gasteiger partial charge is 0.146 e. The molecular formula is C16H23FN2S. The zero-order valence-electron chi connectivity index (χ0n) is 12.2. The highest BCUT2D eigenvalue weighted by Gasteiger charge is 2.29.